The monoisotopic (exact) mass is 171 g/mol. The van der Waals surface area contributed by atoms with Gasteiger partial charge in [0.05, 0.1) is 0 Å². The summed E-state index contributed by atoms with van der Waals surface area (Å²) in [6.07, 6.45) is 4.76. The molecule has 0 nitrogen and oxygen atoms in total. The first-order valence-electron chi connectivity index (χ1n) is 3.83. The van der Waals surface area contributed by atoms with Gasteiger partial charge in [0, 0.05) is 0 Å². The molecule has 1 aliphatic rings. The summed E-state index contributed by atoms with van der Waals surface area (Å²) in [6.45, 7) is 4.51. The van der Waals surface area contributed by atoms with Gasteiger partial charge in [0.1, 0.15) is 5.54 Å². The molecule has 0 aromatic carbocycles. The fourth-order valence-corrected chi connectivity index (χ4v) is 4.57. The van der Waals surface area contributed by atoms with E-state index in [1.807, 2.05) is 0 Å². The number of allylic oxidation sites excluding steroid dienone is 3. The van der Waals surface area contributed by atoms with Crippen LogP contribution in [0, 0.1) is 9.24 Å². The van der Waals surface area contributed by atoms with Crippen molar-refractivity contribution < 1.29 is 9.24 Å². The molecule has 0 radical (unpaired) electrons. The van der Waals surface area contributed by atoms with E-state index in [2.05, 4.69) is 34.7 Å². The SMILES string of the molecule is CCC1=[C](CC)[AlH][Cl+]C=C1. The van der Waals surface area contributed by atoms with E-state index in [1.165, 1.54) is 12.8 Å². The molecule has 1 rings (SSSR count). The Balaban J connectivity index is 2.73. The van der Waals surface area contributed by atoms with Gasteiger partial charge in [0.2, 0.25) is 0 Å². The van der Waals surface area contributed by atoms with Crippen LogP contribution in [0.5, 0.6) is 0 Å². The van der Waals surface area contributed by atoms with Crippen molar-refractivity contribution in [2.45, 2.75) is 26.7 Å². The quantitative estimate of drug-likeness (QED) is 0.558. The van der Waals surface area contributed by atoms with E-state index in [0.717, 1.165) is 0 Å². The van der Waals surface area contributed by atoms with E-state index in [-0.39, 0.29) is 14.3 Å². The molecule has 0 saturated carbocycles. The molecule has 0 amide bonds. The summed E-state index contributed by atoms with van der Waals surface area (Å²) < 4.78 is 1.75. The van der Waals surface area contributed by atoms with Crippen LogP contribution in [0.2, 0.25) is 0 Å². The van der Waals surface area contributed by atoms with Gasteiger partial charge in [-0.2, -0.15) is 0 Å². The van der Waals surface area contributed by atoms with E-state index >= 15 is 0 Å². The average molecular weight is 172 g/mol. The molecule has 0 bridgehead atoms. The second-order valence-corrected chi connectivity index (χ2v) is 5.83. The molecule has 0 spiro atoms. The van der Waals surface area contributed by atoms with Crippen LogP contribution in [0.3, 0.4) is 0 Å². The molecule has 0 unspecified atom stereocenters. The van der Waals surface area contributed by atoms with Gasteiger partial charge in [-0.15, -0.1) is 0 Å². The van der Waals surface area contributed by atoms with Crippen molar-refractivity contribution in [3.8, 4) is 0 Å². The molecule has 0 aliphatic carbocycles. The largest absolute Gasteiger partial charge is 0.747 e. The fourth-order valence-electron chi connectivity index (χ4n) is 1.15. The molecule has 0 saturated heterocycles. The lowest BCUT2D eigenvalue weighted by Crippen LogP contribution is -2.04. The van der Waals surface area contributed by atoms with E-state index in [0.29, 0.717) is 0 Å². The molecule has 0 atom stereocenters. The van der Waals surface area contributed by atoms with E-state index < -0.39 is 0 Å². The van der Waals surface area contributed by atoms with Gasteiger partial charge < -0.3 is 0 Å². The van der Waals surface area contributed by atoms with E-state index in [9.17, 15) is 0 Å². The van der Waals surface area contributed by atoms with Crippen molar-refractivity contribution in [2.75, 3.05) is 0 Å². The zero-order valence-corrected chi connectivity index (χ0v) is 8.82. The van der Waals surface area contributed by atoms with Crippen LogP contribution >= 0.6 is 0 Å². The maximum Gasteiger partial charge on any atom is 0.747 e. The molecule has 10 heavy (non-hydrogen) atoms. The standard InChI is InChI=1S/C8H12Cl.Al.H/c1-3-5-8(4-2)6-7-9;;/h6-7H,3-4H2,1-2H3;;/q;+1;. The highest BCUT2D eigenvalue weighted by Gasteiger charge is 2.21. The first kappa shape index (κ1) is 8.40. The summed E-state index contributed by atoms with van der Waals surface area (Å²) in [7, 11) is 2.48. The second kappa shape index (κ2) is 4.24. The average Bonchev–Trinajstić information content (AvgIpc) is 2.04. The van der Waals surface area contributed by atoms with Crippen LogP contribution in [-0.2, 0) is 0 Å². The van der Waals surface area contributed by atoms with Crippen molar-refractivity contribution >= 4 is 14.3 Å². The van der Waals surface area contributed by atoms with Crippen LogP contribution in [0.15, 0.2) is 21.6 Å². The molecular weight excluding hydrogens is 159 g/mol. The van der Waals surface area contributed by atoms with E-state index in [1.54, 1.807) is 10.0 Å². The predicted molar refractivity (Wildman–Crippen MR) is 43.9 cm³/mol. The lowest BCUT2D eigenvalue weighted by molar-refractivity contribution is -0.433. The van der Waals surface area contributed by atoms with Gasteiger partial charge in [0.25, 0.3) is 0 Å². The normalized spacial score (nSPS) is 17.4. The van der Waals surface area contributed by atoms with Gasteiger partial charge >= 0.3 is 14.3 Å². The zero-order chi connectivity index (χ0) is 7.40. The first-order valence-corrected chi connectivity index (χ1v) is 7.11. The van der Waals surface area contributed by atoms with Crippen molar-refractivity contribution in [1.29, 1.82) is 0 Å². The number of hydrogen-bond donors (Lipinski definition) is 0. The van der Waals surface area contributed by atoms with Crippen LogP contribution in [0.1, 0.15) is 26.7 Å². The summed E-state index contributed by atoms with van der Waals surface area (Å²) in [5.74, 6) is 0. The third-order valence-electron chi connectivity index (χ3n) is 1.85. The van der Waals surface area contributed by atoms with Gasteiger partial charge in [-0.3, -0.25) is 0 Å². The molecule has 2 heteroatoms. The first-order chi connectivity index (χ1) is 4.88. The molecule has 1 aliphatic heterocycles. The minimum Gasteiger partial charge on any atom is -0.0643 e. The number of halogens is 1. The summed E-state index contributed by atoms with van der Waals surface area (Å²) in [5, 5.41) is 0. The van der Waals surface area contributed by atoms with Crippen LogP contribution in [-0.4, -0.2) is 14.3 Å². The molecule has 0 aromatic heterocycles. The Labute approximate surface area is 72.0 Å². The third-order valence-corrected chi connectivity index (χ3v) is 5.55. The Morgan fingerprint density at radius 3 is 2.70 bits per heavy atom. The van der Waals surface area contributed by atoms with Crippen LogP contribution < -0.4 is 0 Å². The zero-order valence-electron chi connectivity index (χ0n) is 6.65. The topological polar surface area (TPSA) is 0 Å². The Hall–Kier alpha value is 0.302. The molecular formula is C8H13AlCl+. The maximum atomic E-state index is 2.48. The molecule has 0 fully saturated rings. The Bertz CT molecular complexity index is 170. The van der Waals surface area contributed by atoms with Gasteiger partial charge in [-0.05, 0) is 28.2 Å². The number of rotatable bonds is 2. The van der Waals surface area contributed by atoms with Gasteiger partial charge in [0.15, 0.2) is 0 Å². The fraction of sp³-hybridized carbons (Fsp3) is 0.500. The highest BCUT2D eigenvalue weighted by atomic mass is 35.6. The Morgan fingerprint density at radius 1 is 1.40 bits per heavy atom. The predicted octanol–water partition coefficient (Wildman–Crippen LogP) is 2.02. The second-order valence-electron chi connectivity index (χ2n) is 2.42. The van der Waals surface area contributed by atoms with E-state index in [4.69, 9.17) is 0 Å². The smallest absolute Gasteiger partial charge is 0.0643 e. The maximum absolute atomic E-state index is 2.48. The summed E-state index contributed by atoms with van der Waals surface area (Å²) >= 11 is 0.0180. The van der Waals surface area contributed by atoms with Gasteiger partial charge in [-0.25, -0.2) is 0 Å². The van der Waals surface area contributed by atoms with Crippen molar-refractivity contribution in [2.24, 2.45) is 0 Å². The Morgan fingerprint density at radius 2 is 2.20 bits per heavy atom. The van der Waals surface area contributed by atoms with Crippen LogP contribution in [0.4, 0.5) is 0 Å². The highest BCUT2D eigenvalue weighted by molar-refractivity contribution is 6.36. The summed E-state index contributed by atoms with van der Waals surface area (Å²) in [6, 6.07) is 0. The van der Waals surface area contributed by atoms with Gasteiger partial charge in [-0.1, -0.05) is 23.9 Å². The summed E-state index contributed by atoms with van der Waals surface area (Å²) in [4.78, 5) is 0. The molecule has 1 heterocycles. The molecule has 0 N–H and O–H groups in total. The Kier molecular flexibility index (Phi) is 3.56. The van der Waals surface area contributed by atoms with Crippen molar-refractivity contribution in [3.05, 3.63) is 21.6 Å². The minimum absolute atomic E-state index is 0.0180. The number of hydrogen-bond acceptors (Lipinski definition) is 0. The van der Waals surface area contributed by atoms with Crippen LogP contribution in [0.25, 0.3) is 0 Å². The van der Waals surface area contributed by atoms with Crippen molar-refractivity contribution in [1.82, 2.24) is 0 Å². The molecule has 54 valence electrons. The lowest BCUT2D eigenvalue weighted by Gasteiger charge is -2.03. The third kappa shape index (κ3) is 1.89. The molecule has 0 aromatic rings. The highest BCUT2D eigenvalue weighted by Crippen LogP contribution is 2.16. The lowest BCUT2D eigenvalue weighted by atomic mass is 10.1. The minimum atomic E-state index is 0.0180. The van der Waals surface area contributed by atoms with Crippen molar-refractivity contribution in [3.63, 3.8) is 0 Å². The summed E-state index contributed by atoms with van der Waals surface area (Å²) in [5.41, 5.74) is 3.82.